The summed E-state index contributed by atoms with van der Waals surface area (Å²) in [5.74, 6) is -0.531. The second-order valence-corrected chi connectivity index (χ2v) is 8.46. The van der Waals surface area contributed by atoms with Crippen LogP contribution in [-0.4, -0.2) is 30.3 Å². The van der Waals surface area contributed by atoms with Crippen molar-refractivity contribution in [1.82, 2.24) is 0 Å². The second-order valence-electron chi connectivity index (χ2n) is 8.46. The third-order valence-corrected chi connectivity index (χ3v) is 6.28. The van der Waals surface area contributed by atoms with Crippen LogP contribution in [0.2, 0.25) is 0 Å². The smallest absolute Gasteiger partial charge is 0.339 e. The number of aromatic carboxylic acids is 1. The molecule has 0 atom stereocenters. The highest BCUT2D eigenvalue weighted by molar-refractivity contribution is 5.91. The Labute approximate surface area is 193 Å². The van der Waals surface area contributed by atoms with E-state index in [1.54, 1.807) is 6.07 Å². The highest BCUT2D eigenvalue weighted by Gasteiger charge is 2.29. The van der Waals surface area contributed by atoms with Crippen molar-refractivity contribution < 1.29 is 28.9 Å². The van der Waals surface area contributed by atoms with Crippen LogP contribution in [0.1, 0.15) is 47.2 Å². The minimum absolute atomic E-state index is 0.0687. The fourth-order valence-corrected chi connectivity index (χ4v) is 4.41. The first kappa shape index (κ1) is 22.6. The molecule has 172 valence electrons. The third kappa shape index (κ3) is 5.11. The van der Waals surface area contributed by atoms with Gasteiger partial charge in [0.25, 0.3) is 0 Å². The summed E-state index contributed by atoms with van der Waals surface area (Å²) in [6, 6.07) is 17.3. The van der Waals surface area contributed by atoms with Gasteiger partial charge in [0.15, 0.2) is 0 Å². The van der Waals surface area contributed by atoms with Gasteiger partial charge in [-0.2, -0.15) is 0 Å². The van der Waals surface area contributed by atoms with Crippen molar-refractivity contribution in [2.24, 2.45) is 5.92 Å². The Morgan fingerprint density at radius 1 is 0.970 bits per heavy atom. The van der Waals surface area contributed by atoms with E-state index in [0.29, 0.717) is 37.2 Å². The molecule has 0 bridgehead atoms. The molecule has 3 aromatic carbocycles. The lowest BCUT2D eigenvalue weighted by Crippen LogP contribution is -2.29. The lowest BCUT2D eigenvalue weighted by Gasteiger charge is -2.28. The molecule has 0 aliphatic heterocycles. The molecular weight excluding hydrogens is 420 g/mol. The Bertz CT molecular complexity index is 1160. The fraction of sp³-hybridized carbons (Fsp3) is 0.333. The van der Waals surface area contributed by atoms with Crippen molar-refractivity contribution in [2.45, 2.75) is 45.3 Å². The Balaban J connectivity index is 1.33. The molecule has 1 saturated carbocycles. The third-order valence-electron chi connectivity index (χ3n) is 6.28. The number of carbonyl (C=O) groups excluding carboxylic acids is 1. The lowest BCUT2D eigenvalue weighted by molar-refractivity contribution is -0.151. The molecule has 1 fully saturated rings. The predicted octanol–water partition coefficient (Wildman–Crippen LogP) is 5.54. The normalized spacial score (nSPS) is 18.0. The number of ether oxygens (including phenoxy) is 3. The summed E-state index contributed by atoms with van der Waals surface area (Å²) in [7, 11) is 1.45. The molecule has 6 heteroatoms. The van der Waals surface area contributed by atoms with Gasteiger partial charge in [0, 0.05) is 0 Å². The summed E-state index contributed by atoms with van der Waals surface area (Å²) in [4.78, 5) is 24.2. The molecule has 1 aliphatic rings. The summed E-state index contributed by atoms with van der Waals surface area (Å²) >= 11 is 0. The summed E-state index contributed by atoms with van der Waals surface area (Å²) in [5, 5.41) is 11.6. The van der Waals surface area contributed by atoms with E-state index in [1.807, 2.05) is 49.4 Å². The van der Waals surface area contributed by atoms with Crippen LogP contribution in [0.5, 0.6) is 11.5 Å². The van der Waals surface area contributed by atoms with Crippen molar-refractivity contribution in [3.05, 3.63) is 71.3 Å². The molecule has 1 N–H and O–H groups in total. The van der Waals surface area contributed by atoms with Gasteiger partial charge in [0.05, 0.1) is 19.1 Å². The number of esters is 1. The maximum Gasteiger partial charge on any atom is 0.339 e. The zero-order chi connectivity index (χ0) is 23.4. The fourth-order valence-electron chi connectivity index (χ4n) is 4.41. The molecule has 0 radical (unpaired) electrons. The van der Waals surface area contributed by atoms with E-state index >= 15 is 0 Å². The van der Waals surface area contributed by atoms with Gasteiger partial charge in [-0.15, -0.1) is 0 Å². The van der Waals surface area contributed by atoms with Crippen LogP contribution >= 0.6 is 0 Å². The first-order valence-corrected chi connectivity index (χ1v) is 11.2. The van der Waals surface area contributed by atoms with Crippen molar-refractivity contribution >= 4 is 22.7 Å². The number of carboxylic acids is 1. The number of carbonyl (C=O) groups is 2. The first-order valence-electron chi connectivity index (χ1n) is 11.2. The number of aryl methyl sites for hydroxylation is 1. The molecule has 33 heavy (non-hydrogen) atoms. The number of hydrogen-bond acceptors (Lipinski definition) is 5. The summed E-state index contributed by atoms with van der Waals surface area (Å²) in [6.45, 7) is 2.12. The van der Waals surface area contributed by atoms with Crippen LogP contribution < -0.4 is 9.47 Å². The largest absolute Gasteiger partial charge is 0.496 e. The summed E-state index contributed by atoms with van der Waals surface area (Å²) in [5.41, 5.74) is 1.89. The van der Waals surface area contributed by atoms with E-state index in [1.165, 1.54) is 13.2 Å². The average Bonchev–Trinajstić information content (AvgIpc) is 2.83. The second kappa shape index (κ2) is 9.94. The zero-order valence-electron chi connectivity index (χ0n) is 18.9. The minimum atomic E-state index is -1.06. The van der Waals surface area contributed by atoms with Gasteiger partial charge < -0.3 is 19.3 Å². The average molecular weight is 449 g/mol. The zero-order valence-corrected chi connectivity index (χ0v) is 18.9. The van der Waals surface area contributed by atoms with Crippen LogP contribution in [0.4, 0.5) is 0 Å². The van der Waals surface area contributed by atoms with Gasteiger partial charge in [-0.1, -0.05) is 42.5 Å². The molecule has 0 unspecified atom stereocenters. The topological polar surface area (TPSA) is 82.1 Å². The number of methoxy groups -OCH3 is 1. The SMILES string of the molecule is COc1cc(C)c(OC2CCC(C(=O)OCc3cccc4ccccc34)CC2)cc1C(=O)O. The van der Waals surface area contributed by atoms with Crippen LogP contribution in [0.3, 0.4) is 0 Å². The Morgan fingerprint density at radius 2 is 1.70 bits per heavy atom. The van der Waals surface area contributed by atoms with Crippen LogP contribution in [0.25, 0.3) is 10.8 Å². The molecule has 0 aromatic heterocycles. The lowest BCUT2D eigenvalue weighted by atomic mass is 9.87. The van der Waals surface area contributed by atoms with Crippen LogP contribution in [-0.2, 0) is 16.1 Å². The number of benzene rings is 3. The number of rotatable bonds is 7. The molecule has 4 rings (SSSR count). The molecule has 3 aromatic rings. The van der Waals surface area contributed by atoms with E-state index < -0.39 is 5.97 Å². The van der Waals surface area contributed by atoms with Crippen molar-refractivity contribution in [3.8, 4) is 11.5 Å². The number of fused-ring (bicyclic) bond motifs is 1. The Hall–Kier alpha value is -3.54. The molecule has 1 aliphatic carbocycles. The Morgan fingerprint density at radius 3 is 2.42 bits per heavy atom. The number of hydrogen-bond donors (Lipinski definition) is 1. The van der Waals surface area contributed by atoms with Crippen molar-refractivity contribution in [3.63, 3.8) is 0 Å². The van der Waals surface area contributed by atoms with Gasteiger partial charge in [0.1, 0.15) is 23.7 Å². The van der Waals surface area contributed by atoms with Crippen LogP contribution in [0.15, 0.2) is 54.6 Å². The van der Waals surface area contributed by atoms with E-state index in [0.717, 1.165) is 21.9 Å². The predicted molar refractivity (Wildman–Crippen MR) is 125 cm³/mol. The van der Waals surface area contributed by atoms with Crippen molar-refractivity contribution in [2.75, 3.05) is 7.11 Å². The standard InChI is InChI=1S/C27H28O6/c1-17-14-25(31-2)23(26(28)29)15-24(17)33-21-12-10-19(11-13-21)27(30)32-16-20-8-5-7-18-6-3-4-9-22(18)20/h3-9,14-15,19,21H,10-13,16H2,1-2H3,(H,28,29). The molecule has 6 nitrogen and oxygen atoms in total. The Kier molecular flexibility index (Phi) is 6.82. The van der Waals surface area contributed by atoms with E-state index in [-0.39, 0.29) is 30.2 Å². The first-order chi connectivity index (χ1) is 16.0. The van der Waals surface area contributed by atoms with E-state index in [4.69, 9.17) is 14.2 Å². The quantitative estimate of drug-likeness (QED) is 0.478. The van der Waals surface area contributed by atoms with Crippen LogP contribution in [0, 0.1) is 12.8 Å². The highest BCUT2D eigenvalue weighted by atomic mass is 16.5. The van der Waals surface area contributed by atoms with Gasteiger partial charge in [-0.05, 0) is 66.6 Å². The molecule has 0 saturated heterocycles. The van der Waals surface area contributed by atoms with Gasteiger partial charge in [-0.25, -0.2) is 4.79 Å². The van der Waals surface area contributed by atoms with Gasteiger partial charge in [0.2, 0.25) is 0 Å². The molecule has 0 amide bonds. The molecule has 0 heterocycles. The monoisotopic (exact) mass is 448 g/mol. The molecular formula is C27H28O6. The van der Waals surface area contributed by atoms with Gasteiger partial charge in [-0.3, -0.25) is 4.79 Å². The number of carboxylic acid groups (broad SMARTS) is 1. The minimum Gasteiger partial charge on any atom is -0.496 e. The van der Waals surface area contributed by atoms with E-state index in [2.05, 4.69) is 0 Å². The summed E-state index contributed by atoms with van der Waals surface area (Å²) in [6.07, 6.45) is 2.71. The van der Waals surface area contributed by atoms with E-state index in [9.17, 15) is 14.7 Å². The maximum atomic E-state index is 12.7. The van der Waals surface area contributed by atoms with Gasteiger partial charge >= 0.3 is 11.9 Å². The van der Waals surface area contributed by atoms with Crippen molar-refractivity contribution in [1.29, 1.82) is 0 Å². The highest BCUT2D eigenvalue weighted by Crippen LogP contribution is 2.33. The molecule has 0 spiro atoms. The maximum absolute atomic E-state index is 12.7. The summed E-state index contributed by atoms with van der Waals surface area (Å²) < 4.78 is 16.9.